The molecule has 4 nitrogen and oxygen atoms in total. The summed E-state index contributed by atoms with van der Waals surface area (Å²) >= 11 is 0. The molecule has 14 rings (SSSR count). The van der Waals surface area contributed by atoms with E-state index in [9.17, 15) is 0 Å². The molecule has 9 aromatic carbocycles. The molecule has 0 amide bonds. The zero-order valence-corrected chi connectivity index (χ0v) is 30.5. The number of benzene rings is 9. The third kappa shape index (κ3) is 3.78. The second kappa shape index (κ2) is 10.6. The molecule has 0 fully saturated rings. The van der Waals surface area contributed by atoms with Crippen LogP contribution < -0.4 is 15.8 Å². The second-order valence-electron chi connectivity index (χ2n) is 15.6. The molecule has 0 radical (unpaired) electrons. The molecule has 2 aliphatic rings. The van der Waals surface area contributed by atoms with Gasteiger partial charge in [0.05, 0.1) is 5.69 Å². The zero-order valence-electron chi connectivity index (χ0n) is 30.5. The molecule has 0 saturated carbocycles. The SMILES string of the molecule is c1ccc(-c2ccc3c(c2)N(c2cccc4c2oc2ccccc24)c2cc4oc5ccccc5c4c4c2B3n2c3cc5ccccc5cc3c3cccc-4c32)cc1. The second-order valence-corrected chi connectivity index (χ2v) is 15.6. The molecule has 5 heterocycles. The summed E-state index contributed by atoms with van der Waals surface area (Å²) in [4.78, 5) is 2.46. The third-order valence-electron chi connectivity index (χ3n) is 12.7. The van der Waals surface area contributed by atoms with Gasteiger partial charge in [-0.05, 0) is 74.8 Å². The van der Waals surface area contributed by atoms with Gasteiger partial charge in [0.25, 0.3) is 0 Å². The lowest BCUT2D eigenvalue weighted by molar-refractivity contribution is 0.667. The number of hydrogen-bond acceptors (Lipinski definition) is 3. The van der Waals surface area contributed by atoms with Crippen LogP contribution in [0.3, 0.4) is 0 Å². The number of rotatable bonds is 2. The van der Waals surface area contributed by atoms with Gasteiger partial charge < -0.3 is 18.2 Å². The van der Waals surface area contributed by atoms with E-state index in [4.69, 9.17) is 8.83 Å². The Morgan fingerprint density at radius 3 is 2.04 bits per heavy atom. The molecule has 12 aromatic rings. The quantitative estimate of drug-likeness (QED) is 0.167. The fourth-order valence-corrected chi connectivity index (χ4v) is 10.4. The monoisotopic (exact) mass is 724 g/mol. The Morgan fingerprint density at radius 1 is 0.439 bits per heavy atom. The summed E-state index contributed by atoms with van der Waals surface area (Å²) in [5.41, 5.74) is 16.5. The van der Waals surface area contributed by atoms with Crippen LogP contribution in [0, 0.1) is 0 Å². The molecule has 0 saturated heterocycles. The van der Waals surface area contributed by atoms with E-state index in [-0.39, 0.29) is 6.85 Å². The van der Waals surface area contributed by atoms with Gasteiger partial charge in [0.15, 0.2) is 5.58 Å². The maximum atomic E-state index is 6.86. The lowest BCUT2D eigenvalue weighted by atomic mass is 9.44. The van der Waals surface area contributed by atoms with Gasteiger partial charge in [0, 0.05) is 66.4 Å². The van der Waals surface area contributed by atoms with Gasteiger partial charge in [-0.1, -0.05) is 133 Å². The van der Waals surface area contributed by atoms with Gasteiger partial charge >= 0.3 is 6.85 Å². The van der Waals surface area contributed by atoms with E-state index in [1.807, 2.05) is 6.07 Å². The third-order valence-corrected chi connectivity index (χ3v) is 12.7. The van der Waals surface area contributed by atoms with Gasteiger partial charge in [-0.25, -0.2) is 0 Å². The molecule has 0 aliphatic carbocycles. The number of furan rings is 2. The van der Waals surface area contributed by atoms with Crippen molar-refractivity contribution in [1.29, 1.82) is 0 Å². The average Bonchev–Trinajstić information content (AvgIpc) is 3.94. The minimum Gasteiger partial charge on any atom is -0.456 e. The number of aromatic nitrogens is 1. The van der Waals surface area contributed by atoms with Crippen molar-refractivity contribution in [2.45, 2.75) is 0 Å². The minimum absolute atomic E-state index is 0.116. The molecule has 0 unspecified atom stereocenters. The highest BCUT2D eigenvalue weighted by Gasteiger charge is 2.44. The van der Waals surface area contributed by atoms with Gasteiger partial charge in [0.1, 0.15) is 16.7 Å². The lowest BCUT2D eigenvalue weighted by Gasteiger charge is -2.40. The van der Waals surface area contributed by atoms with E-state index in [2.05, 4.69) is 179 Å². The van der Waals surface area contributed by atoms with Gasteiger partial charge in [-0.3, -0.25) is 0 Å². The molecule has 2 aliphatic heterocycles. The van der Waals surface area contributed by atoms with Crippen molar-refractivity contribution in [2.75, 3.05) is 4.90 Å². The van der Waals surface area contributed by atoms with Crippen LogP contribution in [-0.2, 0) is 0 Å². The van der Waals surface area contributed by atoms with Crippen LogP contribution in [0.5, 0.6) is 0 Å². The zero-order chi connectivity index (χ0) is 36.9. The summed E-state index contributed by atoms with van der Waals surface area (Å²) in [6.45, 7) is -0.116. The fourth-order valence-electron chi connectivity index (χ4n) is 10.4. The molecule has 5 heteroatoms. The first-order valence-electron chi connectivity index (χ1n) is 19.6. The van der Waals surface area contributed by atoms with Gasteiger partial charge in [0.2, 0.25) is 0 Å². The maximum absolute atomic E-state index is 6.86. The van der Waals surface area contributed by atoms with Crippen molar-refractivity contribution in [2.24, 2.45) is 0 Å². The van der Waals surface area contributed by atoms with Crippen molar-refractivity contribution >= 4 is 111 Å². The Kier molecular flexibility index (Phi) is 5.56. The van der Waals surface area contributed by atoms with Crippen LogP contribution in [0.4, 0.5) is 17.1 Å². The highest BCUT2D eigenvalue weighted by molar-refractivity contribution is 6.90. The Labute approximate surface area is 326 Å². The van der Waals surface area contributed by atoms with Crippen molar-refractivity contribution in [1.82, 2.24) is 4.48 Å². The fraction of sp³-hybridized carbons (Fsp3) is 0. The van der Waals surface area contributed by atoms with Crippen LogP contribution in [0.15, 0.2) is 185 Å². The number of hydrogen-bond donors (Lipinski definition) is 0. The van der Waals surface area contributed by atoms with Crippen LogP contribution >= 0.6 is 0 Å². The number of nitrogens with zero attached hydrogens (tertiary/aromatic N) is 2. The van der Waals surface area contributed by atoms with Gasteiger partial charge in [-0.2, -0.15) is 0 Å². The van der Waals surface area contributed by atoms with E-state index in [0.717, 1.165) is 66.5 Å². The summed E-state index contributed by atoms with van der Waals surface area (Å²) in [5.74, 6) is 0. The average molecular weight is 725 g/mol. The molecular weight excluding hydrogens is 695 g/mol. The minimum atomic E-state index is -0.116. The van der Waals surface area contributed by atoms with E-state index in [1.54, 1.807) is 0 Å². The van der Waals surface area contributed by atoms with Crippen molar-refractivity contribution in [3.05, 3.63) is 176 Å². The summed E-state index contributed by atoms with van der Waals surface area (Å²) in [7, 11) is 0. The van der Waals surface area contributed by atoms with E-state index in [0.29, 0.717) is 0 Å². The number of anilines is 3. The lowest BCUT2D eigenvalue weighted by Crippen LogP contribution is -2.56. The number of para-hydroxylation sites is 4. The Balaban J connectivity index is 1.20. The first kappa shape index (κ1) is 29.8. The molecule has 0 bridgehead atoms. The molecule has 0 atom stereocenters. The molecule has 0 N–H and O–H groups in total. The van der Waals surface area contributed by atoms with E-state index in [1.165, 1.54) is 60.2 Å². The first-order chi connectivity index (χ1) is 28.3. The van der Waals surface area contributed by atoms with Crippen molar-refractivity contribution in [3.8, 4) is 22.3 Å². The standard InChI is InChI=1S/C52H29BN2O2/c1-2-12-30(13-3-1)33-24-25-40-43(28-33)54(41-21-11-19-36-34-16-6-8-22-45(34)57-52(36)41)44-29-47-48(37-17-7-9-23-46(37)56-47)49-38-20-10-18-35-39-26-31-14-4-5-15-32(31)27-42(39)55(51(35)38)53(40)50(44)49/h1-29H. The first-order valence-corrected chi connectivity index (χ1v) is 19.6. The maximum Gasteiger partial charge on any atom is 0.333 e. The number of fused-ring (bicyclic) bond motifs is 15. The van der Waals surface area contributed by atoms with Gasteiger partial charge in [-0.15, -0.1) is 0 Å². The smallest absolute Gasteiger partial charge is 0.333 e. The molecule has 57 heavy (non-hydrogen) atoms. The summed E-state index contributed by atoms with van der Waals surface area (Å²) in [6, 6.07) is 63.9. The normalized spacial score (nSPS) is 13.2. The predicted octanol–water partition coefficient (Wildman–Crippen LogP) is 12.8. The largest absolute Gasteiger partial charge is 0.456 e. The highest BCUT2D eigenvalue weighted by atomic mass is 16.3. The van der Waals surface area contributed by atoms with E-state index < -0.39 is 0 Å². The van der Waals surface area contributed by atoms with Crippen molar-refractivity contribution < 1.29 is 8.83 Å². The Bertz CT molecular complexity index is 3720. The summed E-state index contributed by atoms with van der Waals surface area (Å²) in [6.07, 6.45) is 0. The highest BCUT2D eigenvalue weighted by Crippen LogP contribution is 2.51. The van der Waals surface area contributed by atoms with Crippen LogP contribution in [-0.4, -0.2) is 11.3 Å². The molecule has 0 spiro atoms. The topological polar surface area (TPSA) is 34.5 Å². The van der Waals surface area contributed by atoms with Crippen LogP contribution in [0.2, 0.25) is 0 Å². The summed E-state index contributed by atoms with van der Waals surface area (Å²) < 4.78 is 16.3. The van der Waals surface area contributed by atoms with Crippen molar-refractivity contribution in [3.63, 3.8) is 0 Å². The van der Waals surface area contributed by atoms with Crippen LogP contribution in [0.1, 0.15) is 0 Å². The Morgan fingerprint density at radius 2 is 1.16 bits per heavy atom. The molecular formula is C52H29BN2O2. The molecule has 3 aromatic heterocycles. The van der Waals surface area contributed by atoms with Crippen LogP contribution in [0.25, 0.3) is 98.7 Å². The predicted molar refractivity (Wildman–Crippen MR) is 237 cm³/mol. The Hall–Kier alpha value is -7.50. The van der Waals surface area contributed by atoms with E-state index >= 15 is 0 Å². The summed E-state index contributed by atoms with van der Waals surface area (Å²) in [5, 5.41) is 9.52. The molecule has 262 valence electrons.